The molecule has 2 atom stereocenters. The predicted octanol–water partition coefficient (Wildman–Crippen LogP) is 0.808. The molecule has 2 unspecified atom stereocenters. The average molecular weight is 273 g/mol. The largest absolute Gasteiger partial charge is 0.493 e. The monoisotopic (exact) mass is 273 g/mol. The Balaban J connectivity index is 1.43. The standard InChI is InChI=1S/C15H19N3O2/c19-15(16-11-2-3-11)13-8-12(17-18-13)9-1-4-14-10(7-9)5-6-20-14/h1,4,7,11-13,17-18H,2-3,5-6,8H2,(H,16,19). The Morgan fingerprint density at radius 1 is 1.30 bits per heavy atom. The van der Waals surface area contributed by atoms with Gasteiger partial charge in [0.25, 0.3) is 0 Å². The minimum absolute atomic E-state index is 0.118. The molecule has 1 amide bonds. The molecule has 20 heavy (non-hydrogen) atoms. The second-order valence-electron chi connectivity index (χ2n) is 5.88. The molecule has 1 saturated carbocycles. The fourth-order valence-corrected chi connectivity index (χ4v) is 2.90. The SMILES string of the molecule is O=C(NC1CC1)C1CC(c2ccc3c(c2)CCO3)NN1. The predicted molar refractivity (Wildman–Crippen MR) is 74.2 cm³/mol. The molecule has 0 bridgehead atoms. The van der Waals surface area contributed by atoms with Crippen molar-refractivity contribution in [3.05, 3.63) is 29.3 Å². The number of hydrogen-bond donors (Lipinski definition) is 3. The smallest absolute Gasteiger partial charge is 0.238 e. The molecule has 3 aliphatic rings. The maximum absolute atomic E-state index is 12.0. The van der Waals surface area contributed by atoms with Crippen LogP contribution in [0.3, 0.4) is 0 Å². The number of nitrogens with one attached hydrogen (secondary N) is 3. The van der Waals surface area contributed by atoms with E-state index in [-0.39, 0.29) is 18.0 Å². The maximum Gasteiger partial charge on any atom is 0.238 e. The number of benzene rings is 1. The van der Waals surface area contributed by atoms with Gasteiger partial charge in [-0.1, -0.05) is 12.1 Å². The van der Waals surface area contributed by atoms with Gasteiger partial charge in [-0.3, -0.25) is 4.79 Å². The third-order valence-corrected chi connectivity index (χ3v) is 4.26. The molecule has 0 radical (unpaired) electrons. The number of carbonyl (C=O) groups excluding carboxylic acids is 1. The number of hydrazine groups is 1. The average Bonchev–Trinajstić information content (AvgIpc) is 2.96. The Morgan fingerprint density at radius 2 is 2.20 bits per heavy atom. The number of ether oxygens (including phenoxy) is 1. The molecule has 0 aromatic heterocycles. The quantitative estimate of drug-likeness (QED) is 0.762. The van der Waals surface area contributed by atoms with Crippen LogP contribution in [0.1, 0.15) is 36.4 Å². The summed E-state index contributed by atoms with van der Waals surface area (Å²) in [6.45, 7) is 0.779. The van der Waals surface area contributed by atoms with Gasteiger partial charge in [0, 0.05) is 18.5 Å². The maximum atomic E-state index is 12.0. The Labute approximate surface area is 118 Å². The van der Waals surface area contributed by atoms with Gasteiger partial charge in [0.05, 0.1) is 6.61 Å². The van der Waals surface area contributed by atoms with Crippen LogP contribution in [0.2, 0.25) is 0 Å². The van der Waals surface area contributed by atoms with Crippen LogP contribution in [-0.4, -0.2) is 24.6 Å². The van der Waals surface area contributed by atoms with Crippen molar-refractivity contribution in [1.82, 2.24) is 16.2 Å². The highest BCUT2D eigenvalue weighted by atomic mass is 16.5. The highest BCUT2D eigenvalue weighted by Crippen LogP contribution is 2.30. The summed E-state index contributed by atoms with van der Waals surface area (Å²) in [7, 11) is 0. The topological polar surface area (TPSA) is 62.4 Å². The molecule has 4 rings (SSSR count). The third kappa shape index (κ3) is 2.27. The first kappa shape index (κ1) is 12.2. The first-order valence-corrected chi connectivity index (χ1v) is 7.36. The highest BCUT2D eigenvalue weighted by molar-refractivity contribution is 5.82. The van der Waals surface area contributed by atoms with E-state index in [4.69, 9.17) is 4.74 Å². The number of amides is 1. The minimum atomic E-state index is -0.134. The molecule has 1 aromatic rings. The Morgan fingerprint density at radius 3 is 3.05 bits per heavy atom. The first-order chi connectivity index (χ1) is 9.79. The molecule has 5 nitrogen and oxygen atoms in total. The van der Waals surface area contributed by atoms with Crippen LogP contribution < -0.4 is 20.9 Å². The zero-order valence-electron chi connectivity index (χ0n) is 11.3. The van der Waals surface area contributed by atoms with Gasteiger partial charge in [0.15, 0.2) is 0 Å². The van der Waals surface area contributed by atoms with Crippen molar-refractivity contribution < 1.29 is 9.53 Å². The molecule has 5 heteroatoms. The Kier molecular flexibility index (Phi) is 2.89. The molecule has 1 aliphatic carbocycles. The van der Waals surface area contributed by atoms with Gasteiger partial charge >= 0.3 is 0 Å². The lowest BCUT2D eigenvalue weighted by atomic mass is 9.99. The van der Waals surface area contributed by atoms with Crippen LogP contribution in [0.4, 0.5) is 0 Å². The van der Waals surface area contributed by atoms with E-state index in [2.05, 4.69) is 28.3 Å². The van der Waals surface area contributed by atoms with Gasteiger partial charge in [-0.2, -0.15) is 0 Å². The van der Waals surface area contributed by atoms with Gasteiger partial charge in [0.2, 0.25) is 5.91 Å². The Bertz CT molecular complexity index is 542. The van der Waals surface area contributed by atoms with Crippen LogP contribution in [0, 0.1) is 0 Å². The zero-order valence-corrected chi connectivity index (χ0v) is 11.3. The molecule has 1 aromatic carbocycles. The van der Waals surface area contributed by atoms with E-state index < -0.39 is 0 Å². The van der Waals surface area contributed by atoms with E-state index >= 15 is 0 Å². The molecule has 2 fully saturated rings. The molecular formula is C15H19N3O2. The summed E-state index contributed by atoms with van der Waals surface area (Å²) in [5.74, 6) is 1.12. The van der Waals surface area contributed by atoms with Crippen LogP contribution in [-0.2, 0) is 11.2 Å². The summed E-state index contributed by atoms with van der Waals surface area (Å²) in [5, 5.41) is 3.05. The second-order valence-corrected chi connectivity index (χ2v) is 5.88. The van der Waals surface area contributed by atoms with E-state index in [0.29, 0.717) is 6.04 Å². The minimum Gasteiger partial charge on any atom is -0.493 e. The molecule has 0 spiro atoms. The van der Waals surface area contributed by atoms with Crippen molar-refractivity contribution in [1.29, 1.82) is 0 Å². The number of rotatable bonds is 3. The number of carbonyl (C=O) groups is 1. The van der Waals surface area contributed by atoms with Crippen LogP contribution in [0.25, 0.3) is 0 Å². The molecule has 3 N–H and O–H groups in total. The summed E-state index contributed by atoms with van der Waals surface area (Å²) in [6.07, 6.45) is 4.02. The van der Waals surface area contributed by atoms with E-state index in [9.17, 15) is 4.79 Å². The third-order valence-electron chi connectivity index (χ3n) is 4.26. The van der Waals surface area contributed by atoms with Gasteiger partial charge < -0.3 is 10.1 Å². The molecule has 106 valence electrons. The van der Waals surface area contributed by atoms with Crippen LogP contribution in [0.15, 0.2) is 18.2 Å². The van der Waals surface area contributed by atoms with Crippen molar-refractivity contribution in [2.75, 3.05) is 6.61 Å². The fourth-order valence-electron chi connectivity index (χ4n) is 2.90. The summed E-state index contributed by atoms with van der Waals surface area (Å²) in [6, 6.07) is 6.80. The normalized spacial score (nSPS) is 28.0. The van der Waals surface area contributed by atoms with Crippen molar-refractivity contribution in [2.24, 2.45) is 0 Å². The fraction of sp³-hybridized carbons (Fsp3) is 0.533. The van der Waals surface area contributed by atoms with E-state index in [1.165, 1.54) is 11.1 Å². The van der Waals surface area contributed by atoms with E-state index in [0.717, 1.165) is 38.0 Å². The lowest BCUT2D eigenvalue weighted by Gasteiger charge is -2.11. The van der Waals surface area contributed by atoms with Crippen molar-refractivity contribution in [3.63, 3.8) is 0 Å². The lowest BCUT2D eigenvalue weighted by Crippen LogP contribution is -2.43. The molecular weight excluding hydrogens is 254 g/mol. The molecule has 2 aliphatic heterocycles. The number of fused-ring (bicyclic) bond motifs is 1. The summed E-state index contributed by atoms with van der Waals surface area (Å²) in [5.41, 5.74) is 8.85. The summed E-state index contributed by atoms with van der Waals surface area (Å²) >= 11 is 0. The molecule has 1 saturated heterocycles. The lowest BCUT2D eigenvalue weighted by molar-refractivity contribution is -0.123. The second kappa shape index (κ2) is 4.75. The Hall–Kier alpha value is -1.59. The van der Waals surface area contributed by atoms with Gasteiger partial charge in [-0.05, 0) is 36.5 Å². The van der Waals surface area contributed by atoms with E-state index in [1.807, 2.05) is 6.07 Å². The van der Waals surface area contributed by atoms with Gasteiger partial charge in [0.1, 0.15) is 11.8 Å². The zero-order chi connectivity index (χ0) is 13.5. The first-order valence-electron chi connectivity index (χ1n) is 7.36. The summed E-state index contributed by atoms with van der Waals surface area (Å²) < 4.78 is 5.53. The molecule has 2 heterocycles. The summed E-state index contributed by atoms with van der Waals surface area (Å²) in [4.78, 5) is 12.0. The van der Waals surface area contributed by atoms with Crippen molar-refractivity contribution in [3.8, 4) is 5.75 Å². The number of hydrogen-bond acceptors (Lipinski definition) is 4. The van der Waals surface area contributed by atoms with Crippen molar-refractivity contribution >= 4 is 5.91 Å². The highest BCUT2D eigenvalue weighted by Gasteiger charge is 2.33. The van der Waals surface area contributed by atoms with Crippen molar-refractivity contribution in [2.45, 2.75) is 43.8 Å². The van der Waals surface area contributed by atoms with Crippen LogP contribution >= 0.6 is 0 Å². The van der Waals surface area contributed by atoms with Crippen LogP contribution in [0.5, 0.6) is 5.75 Å². The van der Waals surface area contributed by atoms with Gasteiger partial charge in [-0.25, -0.2) is 10.9 Å². The van der Waals surface area contributed by atoms with E-state index in [1.54, 1.807) is 0 Å². The van der Waals surface area contributed by atoms with Gasteiger partial charge in [-0.15, -0.1) is 0 Å².